The van der Waals surface area contributed by atoms with Gasteiger partial charge in [-0.3, -0.25) is 4.90 Å². The lowest BCUT2D eigenvalue weighted by Gasteiger charge is -2.32. The molecule has 0 saturated heterocycles. The minimum absolute atomic E-state index is 0.186. The molecule has 7 heteroatoms. The summed E-state index contributed by atoms with van der Waals surface area (Å²) in [6.45, 7) is 7.19. The number of aliphatic hydroxyl groups excluding tert-OH is 1. The maximum absolute atomic E-state index is 9.31. The molecule has 1 aliphatic carbocycles. The van der Waals surface area contributed by atoms with Gasteiger partial charge in [0, 0.05) is 48.6 Å². The second-order valence-corrected chi connectivity index (χ2v) is 10.5. The summed E-state index contributed by atoms with van der Waals surface area (Å²) in [4.78, 5) is 16.9. The van der Waals surface area contributed by atoms with Crippen LogP contribution in [-0.2, 0) is 6.54 Å². The van der Waals surface area contributed by atoms with E-state index in [4.69, 9.17) is 9.97 Å². The standard InChI is InChI=1S/C28H34N6O/c1-18-7-10-21(11-8-18)34-24-6-4-3-5-22(24)23-15-29-28(32-27(23)34)31-25-12-9-20-17-33(13-14-35)16-19(2)26(20)30-25/h3-6,9,12,15,18-19,21,35H,7-8,10-11,13-14,16-17H2,1-2H3,(H,29,30,31,32)/t18?,19-,21?/m1/s1. The summed E-state index contributed by atoms with van der Waals surface area (Å²) in [6, 6.07) is 13.2. The minimum Gasteiger partial charge on any atom is -0.395 e. The van der Waals surface area contributed by atoms with Gasteiger partial charge in [-0.1, -0.05) is 38.1 Å². The Morgan fingerprint density at radius 2 is 1.83 bits per heavy atom. The van der Waals surface area contributed by atoms with Crippen LogP contribution in [0.3, 0.4) is 0 Å². The van der Waals surface area contributed by atoms with Crippen molar-refractivity contribution < 1.29 is 5.11 Å². The van der Waals surface area contributed by atoms with Gasteiger partial charge in [-0.05, 0) is 49.3 Å². The van der Waals surface area contributed by atoms with Gasteiger partial charge in [0.05, 0.1) is 17.8 Å². The number of aliphatic hydroxyl groups is 1. The molecule has 0 bridgehead atoms. The Balaban J connectivity index is 1.35. The van der Waals surface area contributed by atoms with Gasteiger partial charge in [-0.15, -0.1) is 0 Å². The Morgan fingerprint density at radius 1 is 1.00 bits per heavy atom. The van der Waals surface area contributed by atoms with Crippen LogP contribution < -0.4 is 5.32 Å². The van der Waals surface area contributed by atoms with E-state index >= 15 is 0 Å². The predicted octanol–water partition coefficient (Wildman–Crippen LogP) is 5.39. The zero-order chi connectivity index (χ0) is 23.9. The van der Waals surface area contributed by atoms with Crippen LogP contribution in [0.1, 0.15) is 62.7 Å². The SMILES string of the molecule is CC1CCC(n2c3ccccc3c3cnc(Nc4ccc5c(n4)[C@H](C)CN(CCO)C5)nc32)CC1. The molecule has 2 N–H and O–H groups in total. The minimum atomic E-state index is 0.186. The van der Waals surface area contributed by atoms with Crippen LogP contribution >= 0.6 is 0 Å². The maximum atomic E-state index is 9.31. The molecular weight excluding hydrogens is 436 g/mol. The Bertz CT molecular complexity index is 1360. The lowest BCUT2D eigenvalue weighted by Crippen LogP contribution is -2.35. The van der Waals surface area contributed by atoms with E-state index in [0.29, 0.717) is 24.5 Å². The molecule has 2 aliphatic rings. The molecule has 0 amide bonds. The largest absolute Gasteiger partial charge is 0.395 e. The zero-order valence-corrected chi connectivity index (χ0v) is 20.6. The summed E-state index contributed by atoms with van der Waals surface area (Å²) < 4.78 is 2.46. The van der Waals surface area contributed by atoms with Gasteiger partial charge in [-0.2, -0.15) is 4.98 Å². The average molecular weight is 471 g/mol. The van der Waals surface area contributed by atoms with Crippen molar-refractivity contribution in [3.8, 4) is 0 Å². The predicted molar refractivity (Wildman–Crippen MR) is 140 cm³/mol. The molecule has 0 unspecified atom stereocenters. The van der Waals surface area contributed by atoms with Crippen LogP contribution in [0.5, 0.6) is 0 Å². The maximum Gasteiger partial charge on any atom is 0.230 e. The van der Waals surface area contributed by atoms with Crippen molar-refractivity contribution in [3.63, 3.8) is 0 Å². The molecule has 4 heterocycles. The summed E-state index contributed by atoms with van der Waals surface area (Å²) in [5.74, 6) is 2.48. The van der Waals surface area contributed by atoms with Crippen LogP contribution in [0, 0.1) is 5.92 Å². The first-order chi connectivity index (χ1) is 17.1. The second-order valence-electron chi connectivity index (χ2n) is 10.5. The van der Waals surface area contributed by atoms with E-state index in [1.165, 1.54) is 42.1 Å². The number of nitrogens with zero attached hydrogens (tertiary/aromatic N) is 5. The molecule has 182 valence electrons. The van der Waals surface area contributed by atoms with Crippen molar-refractivity contribution >= 4 is 33.7 Å². The molecule has 1 aromatic carbocycles. The van der Waals surface area contributed by atoms with E-state index in [2.05, 4.69) is 63.9 Å². The molecular formula is C28H34N6O. The van der Waals surface area contributed by atoms with Crippen molar-refractivity contribution in [1.82, 2.24) is 24.4 Å². The molecule has 4 aromatic rings. The highest BCUT2D eigenvalue weighted by Crippen LogP contribution is 2.38. The van der Waals surface area contributed by atoms with E-state index in [1.54, 1.807) is 0 Å². The van der Waals surface area contributed by atoms with E-state index in [0.717, 1.165) is 41.6 Å². The van der Waals surface area contributed by atoms with Gasteiger partial charge >= 0.3 is 0 Å². The topological polar surface area (TPSA) is 79.1 Å². The Hall–Kier alpha value is -3.03. The van der Waals surface area contributed by atoms with E-state index < -0.39 is 0 Å². The van der Waals surface area contributed by atoms with E-state index in [1.807, 2.05) is 12.3 Å². The number of benzene rings is 1. The van der Waals surface area contributed by atoms with Gasteiger partial charge in [0.15, 0.2) is 0 Å². The lowest BCUT2D eigenvalue weighted by molar-refractivity contribution is 0.173. The molecule has 0 radical (unpaired) electrons. The fourth-order valence-corrected chi connectivity index (χ4v) is 6.04. The Kier molecular flexibility index (Phi) is 5.90. The molecule has 3 aromatic heterocycles. The van der Waals surface area contributed by atoms with Crippen molar-refractivity contribution in [1.29, 1.82) is 0 Å². The smallest absolute Gasteiger partial charge is 0.230 e. The number of pyridine rings is 1. The number of hydrogen-bond donors (Lipinski definition) is 2. The van der Waals surface area contributed by atoms with E-state index in [9.17, 15) is 5.11 Å². The van der Waals surface area contributed by atoms with Crippen LogP contribution in [0.25, 0.3) is 21.9 Å². The molecule has 1 atom stereocenters. The van der Waals surface area contributed by atoms with Gasteiger partial charge < -0.3 is 15.0 Å². The normalized spacial score (nSPS) is 23.0. The Morgan fingerprint density at radius 3 is 2.66 bits per heavy atom. The second kappa shape index (κ2) is 9.21. The third-order valence-electron chi connectivity index (χ3n) is 7.86. The molecule has 0 spiro atoms. The van der Waals surface area contributed by atoms with Crippen molar-refractivity contribution in [2.24, 2.45) is 5.92 Å². The first kappa shape index (κ1) is 22.4. The van der Waals surface area contributed by atoms with Crippen LogP contribution in [-0.4, -0.2) is 49.2 Å². The number of anilines is 2. The molecule has 7 nitrogen and oxygen atoms in total. The average Bonchev–Trinajstić information content (AvgIpc) is 3.19. The Labute approximate surface area is 206 Å². The number of β-amino-alcohol motifs (C(OH)–C–C–N with tert-alkyl or cyclic N) is 1. The highest BCUT2D eigenvalue weighted by atomic mass is 16.3. The molecule has 35 heavy (non-hydrogen) atoms. The summed E-state index contributed by atoms with van der Waals surface area (Å²) >= 11 is 0. The highest BCUT2D eigenvalue weighted by molar-refractivity contribution is 6.06. The number of para-hydroxylation sites is 1. The van der Waals surface area contributed by atoms with Crippen LogP contribution in [0.15, 0.2) is 42.6 Å². The third-order valence-corrected chi connectivity index (χ3v) is 7.86. The first-order valence-corrected chi connectivity index (χ1v) is 13.0. The van der Waals surface area contributed by atoms with Crippen LogP contribution in [0.2, 0.25) is 0 Å². The molecule has 1 aliphatic heterocycles. The fraction of sp³-hybridized carbons (Fsp3) is 0.464. The number of nitrogens with one attached hydrogen (secondary N) is 1. The van der Waals surface area contributed by atoms with Crippen molar-refractivity contribution in [3.05, 3.63) is 53.9 Å². The van der Waals surface area contributed by atoms with Gasteiger partial charge in [0.25, 0.3) is 0 Å². The summed E-state index contributed by atoms with van der Waals surface area (Å²) in [5.41, 5.74) is 4.61. The molecule has 6 rings (SSSR count). The third kappa shape index (κ3) is 4.17. The quantitative estimate of drug-likeness (QED) is 0.407. The number of fused-ring (bicyclic) bond motifs is 4. The summed E-state index contributed by atoms with van der Waals surface area (Å²) in [7, 11) is 0. The number of rotatable bonds is 5. The van der Waals surface area contributed by atoms with Crippen LogP contribution in [0.4, 0.5) is 11.8 Å². The highest BCUT2D eigenvalue weighted by Gasteiger charge is 2.25. The lowest BCUT2D eigenvalue weighted by atomic mass is 9.87. The first-order valence-electron chi connectivity index (χ1n) is 13.0. The van der Waals surface area contributed by atoms with Crippen molar-refractivity contribution in [2.75, 3.05) is 25.0 Å². The molecule has 1 fully saturated rings. The number of hydrogen-bond acceptors (Lipinski definition) is 6. The van der Waals surface area contributed by atoms with Gasteiger partial charge in [0.1, 0.15) is 11.5 Å². The monoisotopic (exact) mass is 470 g/mol. The fourth-order valence-electron chi connectivity index (χ4n) is 6.04. The van der Waals surface area contributed by atoms with Gasteiger partial charge in [-0.25, -0.2) is 9.97 Å². The number of aromatic nitrogens is 4. The van der Waals surface area contributed by atoms with Gasteiger partial charge in [0.2, 0.25) is 5.95 Å². The summed E-state index contributed by atoms with van der Waals surface area (Å²) in [6.07, 6.45) is 6.88. The van der Waals surface area contributed by atoms with E-state index in [-0.39, 0.29) is 6.61 Å². The zero-order valence-electron chi connectivity index (χ0n) is 20.6. The van der Waals surface area contributed by atoms with Crippen molar-refractivity contribution in [2.45, 2.75) is 58.0 Å². The molecule has 1 saturated carbocycles. The summed E-state index contributed by atoms with van der Waals surface area (Å²) in [5, 5.41) is 15.0.